The Morgan fingerprint density at radius 1 is 0.957 bits per heavy atom. The lowest BCUT2D eigenvalue weighted by Crippen LogP contribution is -2.38. The Morgan fingerprint density at radius 2 is 1.66 bits per heavy atom. The Kier molecular flexibility index (Phi) is 9.80. The number of methoxy groups -OCH3 is 1. The van der Waals surface area contributed by atoms with Gasteiger partial charge in [-0.2, -0.15) is 13.2 Å². The van der Waals surface area contributed by atoms with Crippen LogP contribution in [0.3, 0.4) is 0 Å². The molecule has 0 radical (unpaired) electrons. The third-order valence-electron chi connectivity index (χ3n) is 8.06. The molecule has 14 heteroatoms. The van der Waals surface area contributed by atoms with Gasteiger partial charge in [0.05, 0.1) is 12.2 Å². The number of rotatable bonds is 9. The first-order valence-electron chi connectivity index (χ1n) is 14.6. The van der Waals surface area contributed by atoms with Crippen molar-refractivity contribution in [2.75, 3.05) is 26.8 Å². The molecule has 0 atom stereocenters. The molecule has 0 spiro atoms. The van der Waals surface area contributed by atoms with Gasteiger partial charge in [0.25, 0.3) is 5.91 Å². The van der Waals surface area contributed by atoms with Crippen LogP contribution in [0.1, 0.15) is 40.2 Å². The van der Waals surface area contributed by atoms with Gasteiger partial charge >= 0.3 is 18.4 Å². The number of piperidine rings is 1. The fourth-order valence-electron chi connectivity index (χ4n) is 5.83. The molecule has 1 aliphatic rings. The SMILES string of the molecule is COCCn1cc(C(=O)N2CCC(c3cc(CNC(=O)C(F)(F)F)ccc3F)CC2)c2c(-c3ccc(OC(F)(F)F)cc3)cccc21. The first-order valence-corrected chi connectivity index (χ1v) is 14.6. The molecule has 1 fully saturated rings. The minimum absolute atomic E-state index is 0.272. The molecule has 5 rings (SSSR count). The van der Waals surface area contributed by atoms with Gasteiger partial charge in [-0.1, -0.05) is 36.4 Å². The highest BCUT2D eigenvalue weighted by Crippen LogP contribution is 2.37. The van der Waals surface area contributed by atoms with Gasteiger partial charge in [-0.25, -0.2) is 4.39 Å². The number of likely N-dealkylation sites (tertiary alicyclic amines) is 1. The summed E-state index contributed by atoms with van der Waals surface area (Å²) < 4.78 is 102. The number of carbonyl (C=O) groups excluding carboxylic acids is 2. The van der Waals surface area contributed by atoms with E-state index < -0.39 is 30.8 Å². The van der Waals surface area contributed by atoms with E-state index in [0.717, 1.165) is 11.6 Å². The zero-order valence-electron chi connectivity index (χ0n) is 25.1. The summed E-state index contributed by atoms with van der Waals surface area (Å²) in [5.74, 6) is -3.59. The number of hydrogen-bond acceptors (Lipinski definition) is 4. The Balaban J connectivity index is 1.38. The minimum Gasteiger partial charge on any atom is -0.406 e. The van der Waals surface area contributed by atoms with Gasteiger partial charge in [0.2, 0.25) is 0 Å². The predicted molar refractivity (Wildman–Crippen MR) is 158 cm³/mol. The molecular formula is C33H30F7N3O4. The number of ether oxygens (including phenoxy) is 2. The van der Waals surface area contributed by atoms with E-state index in [-0.39, 0.29) is 30.7 Å². The molecule has 3 aromatic carbocycles. The normalized spacial score (nSPS) is 14.4. The second kappa shape index (κ2) is 13.6. The van der Waals surface area contributed by atoms with E-state index in [1.807, 2.05) is 10.6 Å². The molecule has 0 bridgehead atoms. The van der Waals surface area contributed by atoms with Crippen LogP contribution in [-0.2, 0) is 22.6 Å². The molecule has 0 unspecified atom stereocenters. The van der Waals surface area contributed by atoms with E-state index >= 15 is 0 Å². The van der Waals surface area contributed by atoms with Gasteiger partial charge < -0.3 is 24.3 Å². The van der Waals surface area contributed by atoms with Crippen molar-refractivity contribution >= 4 is 22.7 Å². The fourth-order valence-corrected chi connectivity index (χ4v) is 5.83. The zero-order chi connectivity index (χ0) is 33.9. The van der Waals surface area contributed by atoms with Gasteiger partial charge in [-0.05, 0) is 65.3 Å². The molecule has 1 saturated heterocycles. The third-order valence-corrected chi connectivity index (χ3v) is 8.06. The summed E-state index contributed by atoms with van der Waals surface area (Å²) in [6, 6.07) is 14.7. The largest absolute Gasteiger partial charge is 0.573 e. The summed E-state index contributed by atoms with van der Waals surface area (Å²) >= 11 is 0. The molecule has 1 N–H and O–H groups in total. The van der Waals surface area contributed by atoms with Crippen LogP contribution in [0.2, 0.25) is 0 Å². The molecule has 0 saturated carbocycles. The number of alkyl halides is 6. The number of benzene rings is 3. The van der Waals surface area contributed by atoms with Crippen molar-refractivity contribution in [3.63, 3.8) is 0 Å². The van der Waals surface area contributed by atoms with Gasteiger partial charge in [-0.15, -0.1) is 13.2 Å². The van der Waals surface area contributed by atoms with Crippen molar-refractivity contribution < 1.29 is 49.8 Å². The summed E-state index contributed by atoms with van der Waals surface area (Å²) in [6.07, 6.45) is -7.37. The van der Waals surface area contributed by atoms with Crippen LogP contribution in [-0.4, -0.2) is 60.6 Å². The van der Waals surface area contributed by atoms with Crippen molar-refractivity contribution in [3.8, 4) is 16.9 Å². The van der Waals surface area contributed by atoms with E-state index in [9.17, 15) is 40.3 Å². The third kappa shape index (κ3) is 7.87. The van der Waals surface area contributed by atoms with Crippen molar-refractivity contribution in [3.05, 3.63) is 89.4 Å². The second-order valence-corrected chi connectivity index (χ2v) is 11.1. The Bertz CT molecular complexity index is 1740. The Labute approximate surface area is 264 Å². The van der Waals surface area contributed by atoms with Gasteiger partial charge in [0.1, 0.15) is 11.6 Å². The summed E-state index contributed by atoms with van der Waals surface area (Å²) in [7, 11) is 1.55. The molecule has 1 aliphatic heterocycles. The van der Waals surface area contributed by atoms with Crippen molar-refractivity contribution in [2.45, 2.75) is 44.4 Å². The molecule has 2 heterocycles. The lowest BCUT2D eigenvalue weighted by molar-refractivity contribution is -0.274. The van der Waals surface area contributed by atoms with Crippen molar-refractivity contribution in [1.82, 2.24) is 14.8 Å². The van der Waals surface area contributed by atoms with Gasteiger partial charge in [0, 0.05) is 50.4 Å². The summed E-state index contributed by atoms with van der Waals surface area (Å²) in [6.45, 7) is 0.920. The molecule has 0 aliphatic carbocycles. The molecular weight excluding hydrogens is 635 g/mol. The quantitative estimate of drug-likeness (QED) is 0.192. The smallest absolute Gasteiger partial charge is 0.406 e. The average Bonchev–Trinajstić information content (AvgIpc) is 3.41. The predicted octanol–water partition coefficient (Wildman–Crippen LogP) is 7.19. The molecule has 2 amide bonds. The number of nitrogens with zero attached hydrogens (tertiary/aromatic N) is 2. The molecule has 250 valence electrons. The fraction of sp³-hybridized carbons (Fsp3) is 0.333. The molecule has 4 aromatic rings. The number of aromatic nitrogens is 1. The minimum atomic E-state index is -5.03. The van der Waals surface area contributed by atoms with Crippen molar-refractivity contribution in [2.24, 2.45) is 0 Å². The summed E-state index contributed by atoms with van der Waals surface area (Å²) in [5.41, 5.74) is 2.93. The van der Waals surface area contributed by atoms with Crippen LogP contribution in [0, 0.1) is 5.82 Å². The number of fused-ring (bicyclic) bond motifs is 1. The van der Waals surface area contributed by atoms with Crippen LogP contribution < -0.4 is 10.1 Å². The van der Waals surface area contributed by atoms with Crippen LogP contribution in [0.25, 0.3) is 22.0 Å². The van der Waals surface area contributed by atoms with E-state index in [0.29, 0.717) is 59.2 Å². The van der Waals surface area contributed by atoms with Crippen LogP contribution in [0.15, 0.2) is 66.9 Å². The molecule has 1 aromatic heterocycles. The maximum atomic E-state index is 14.8. The lowest BCUT2D eigenvalue weighted by atomic mass is 9.88. The zero-order valence-corrected chi connectivity index (χ0v) is 25.1. The summed E-state index contributed by atoms with van der Waals surface area (Å²) in [5, 5.41) is 2.40. The molecule has 7 nitrogen and oxygen atoms in total. The number of nitrogens with one attached hydrogen (secondary N) is 1. The van der Waals surface area contributed by atoms with E-state index in [1.54, 1.807) is 35.7 Å². The monoisotopic (exact) mass is 665 g/mol. The highest BCUT2D eigenvalue weighted by Gasteiger charge is 2.38. The number of carbonyl (C=O) groups is 2. The van der Waals surface area contributed by atoms with Crippen LogP contribution >= 0.6 is 0 Å². The van der Waals surface area contributed by atoms with Gasteiger partial charge in [0.15, 0.2) is 0 Å². The average molecular weight is 666 g/mol. The number of halogens is 7. The van der Waals surface area contributed by atoms with Crippen LogP contribution in [0.4, 0.5) is 30.7 Å². The van der Waals surface area contributed by atoms with E-state index in [2.05, 4.69) is 4.74 Å². The highest BCUT2D eigenvalue weighted by molar-refractivity contribution is 6.12. The maximum Gasteiger partial charge on any atom is 0.573 e. The topological polar surface area (TPSA) is 72.8 Å². The maximum absolute atomic E-state index is 14.8. The number of hydrogen-bond donors (Lipinski definition) is 1. The van der Waals surface area contributed by atoms with Gasteiger partial charge in [-0.3, -0.25) is 9.59 Å². The molecule has 47 heavy (non-hydrogen) atoms. The first-order chi connectivity index (χ1) is 22.2. The van der Waals surface area contributed by atoms with Crippen LogP contribution in [0.5, 0.6) is 5.75 Å². The summed E-state index contributed by atoms with van der Waals surface area (Å²) in [4.78, 5) is 26.9. The number of amides is 2. The first kappa shape index (κ1) is 33.8. The highest BCUT2D eigenvalue weighted by atomic mass is 19.4. The standard InChI is InChI=1S/C33H30F7N3O4/c1-46-16-15-43-19-26(29-24(3-2-4-28(29)43)21-6-8-23(9-7-21)47-33(38,39)40)30(44)42-13-11-22(12-14-42)25-17-20(5-10-27(25)34)18-41-31(45)32(35,36)37/h2-10,17,19,22H,11-16,18H2,1H3,(H,41,45). The Morgan fingerprint density at radius 3 is 2.30 bits per heavy atom. The lowest BCUT2D eigenvalue weighted by Gasteiger charge is -2.32. The van der Waals surface area contributed by atoms with E-state index in [1.165, 1.54) is 36.4 Å². The van der Waals surface area contributed by atoms with E-state index in [4.69, 9.17) is 4.74 Å². The van der Waals surface area contributed by atoms with Crippen molar-refractivity contribution in [1.29, 1.82) is 0 Å². The Hall–Kier alpha value is -4.59. The second-order valence-electron chi connectivity index (χ2n) is 11.1.